The van der Waals surface area contributed by atoms with E-state index >= 15 is 0 Å². The fraction of sp³-hybridized carbons (Fsp3) is 0.111. The number of rotatable bonds is 3. The van der Waals surface area contributed by atoms with Crippen LogP contribution >= 0.6 is 34.2 Å². The van der Waals surface area contributed by atoms with Crippen LogP contribution in [0.1, 0.15) is 5.69 Å². The zero-order chi connectivity index (χ0) is 11.5. The van der Waals surface area contributed by atoms with Crippen LogP contribution in [0, 0.1) is 3.57 Å². The Balaban J connectivity index is 2.26. The second-order valence-corrected chi connectivity index (χ2v) is 4.78. The zero-order valence-corrected chi connectivity index (χ0v) is 11.1. The van der Waals surface area contributed by atoms with Gasteiger partial charge in [-0.15, -0.1) is 0 Å². The van der Waals surface area contributed by atoms with E-state index in [-0.39, 0.29) is 0 Å². The lowest BCUT2D eigenvalue weighted by Crippen LogP contribution is -2.11. The molecular formula is C9H9ClIN5. The van der Waals surface area contributed by atoms with E-state index in [1.807, 2.05) is 6.20 Å². The molecule has 0 aliphatic heterocycles. The summed E-state index contributed by atoms with van der Waals surface area (Å²) in [5.74, 6) is 5.87. The van der Waals surface area contributed by atoms with Crippen molar-refractivity contribution in [2.24, 2.45) is 5.84 Å². The molecular weight excluding hydrogens is 340 g/mol. The van der Waals surface area contributed by atoms with Gasteiger partial charge in [0.2, 0.25) is 0 Å². The van der Waals surface area contributed by atoms with Crippen molar-refractivity contribution >= 4 is 40.0 Å². The lowest BCUT2D eigenvalue weighted by atomic mass is 10.3. The molecule has 0 bridgehead atoms. The molecule has 2 aromatic rings. The molecule has 0 saturated heterocycles. The number of hydrogen-bond donors (Lipinski definition) is 2. The molecule has 0 aromatic carbocycles. The molecule has 0 aliphatic carbocycles. The second-order valence-electron chi connectivity index (χ2n) is 3.13. The van der Waals surface area contributed by atoms with Gasteiger partial charge in [-0.05, 0) is 34.7 Å². The Bertz CT molecular complexity index is 498. The largest absolute Gasteiger partial charge is 0.308 e. The highest BCUT2D eigenvalue weighted by atomic mass is 127. The van der Waals surface area contributed by atoms with Crippen molar-refractivity contribution in [3.63, 3.8) is 0 Å². The summed E-state index contributed by atoms with van der Waals surface area (Å²) < 4.78 is 2.85. The van der Waals surface area contributed by atoms with Crippen molar-refractivity contribution in [2.75, 3.05) is 5.43 Å². The third kappa shape index (κ3) is 2.63. The van der Waals surface area contributed by atoms with Crippen LogP contribution in [0.4, 0.5) is 5.82 Å². The van der Waals surface area contributed by atoms with Crippen molar-refractivity contribution in [3.05, 3.63) is 38.8 Å². The molecule has 0 atom stereocenters. The van der Waals surface area contributed by atoms with Gasteiger partial charge in [0, 0.05) is 6.20 Å². The highest BCUT2D eigenvalue weighted by molar-refractivity contribution is 14.1. The van der Waals surface area contributed by atoms with Crippen LogP contribution in [-0.2, 0) is 6.54 Å². The maximum Gasteiger partial charge on any atom is 0.140 e. The molecule has 5 nitrogen and oxygen atoms in total. The Morgan fingerprint density at radius 2 is 2.31 bits per heavy atom. The minimum atomic E-state index is 0.525. The molecule has 2 rings (SSSR count). The maximum absolute atomic E-state index is 6.04. The minimum Gasteiger partial charge on any atom is -0.308 e. The molecule has 0 spiro atoms. The van der Waals surface area contributed by atoms with Crippen LogP contribution < -0.4 is 11.3 Å². The van der Waals surface area contributed by atoms with E-state index in [2.05, 4.69) is 38.1 Å². The van der Waals surface area contributed by atoms with Crippen molar-refractivity contribution in [1.29, 1.82) is 0 Å². The Morgan fingerprint density at radius 3 is 2.94 bits per heavy atom. The quantitative estimate of drug-likeness (QED) is 0.504. The van der Waals surface area contributed by atoms with Gasteiger partial charge in [0.15, 0.2) is 0 Å². The summed E-state index contributed by atoms with van der Waals surface area (Å²) >= 11 is 8.23. The number of halogens is 2. The summed E-state index contributed by atoms with van der Waals surface area (Å²) in [5.41, 5.74) is 3.22. The van der Waals surface area contributed by atoms with E-state index in [0.29, 0.717) is 17.4 Å². The standard InChI is InChI=1S/C9H9ClIN5/c10-7-1-2-9(15-12)14-8(7)5-16-4-6(11)3-13-16/h1-4H,5,12H2,(H,14,15). The Hall–Kier alpha value is -0.860. The Morgan fingerprint density at radius 1 is 1.50 bits per heavy atom. The van der Waals surface area contributed by atoms with Crippen LogP contribution in [0.25, 0.3) is 0 Å². The molecule has 7 heteroatoms. The first-order valence-corrected chi connectivity index (χ1v) is 5.94. The monoisotopic (exact) mass is 349 g/mol. The minimum absolute atomic E-state index is 0.525. The molecule has 16 heavy (non-hydrogen) atoms. The number of hydrogen-bond acceptors (Lipinski definition) is 4. The number of nitrogen functional groups attached to an aromatic ring is 1. The molecule has 0 aliphatic rings. The average Bonchev–Trinajstić information content (AvgIpc) is 2.67. The van der Waals surface area contributed by atoms with E-state index in [4.69, 9.17) is 17.4 Å². The molecule has 2 heterocycles. The van der Waals surface area contributed by atoms with E-state index in [9.17, 15) is 0 Å². The van der Waals surface area contributed by atoms with Crippen LogP contribution in [0.5, 0.6) is 0 Å². The summed E-state index contributed by atoms with van der Waals surface area (Å²) in [7, 11) is 0. The first kappa shape index (κ1) is 11.6. The normalized spacial score (nSPS) is 10.4. The summed E-state index contributed by atoms with van der Waals surface area (Å²) in [4.78, 5) is 4.26. The number of nitrogens with two attached hydrogens (primary N) is 1. The van der Waals surface area contributed by atoms with E-state index < -0.39 is 0 Å². The van der Waals surface area contributed by atoms with E-state index in [0.717, 1.165) is 9.26 Å². The molecule has 0 unspecified atom stereocenters. The van der Waals surface area contributed by atoms with Gasteiger partial charge in [-0.25, -0.2) is 10.8 Å². The van der Waals surface area contributed by atoms with Crippen LogP contribution in [-0.4, -0.2) is 14.8 Å². The van der Waals surface area contributed by atoms with Gasteiger partial charge in [-0.2, -0.15) is 5.10 Å². The summed E-state index contributed by atoms with van der Waals surface area (Å²) in [5, 5.41) is 4.77. The lowest BCUT2D eigenvalue weighted by Gasteiger charge is -2.06. The first-order chi connectivity index (χ1) is 7.69. The average molecular weight is 350 g/mol. The van der Waals surface area contributed by atoms with Crippen LogP contribution in [0.15, 0.2) is 24.5 Å². The fourth-order valence-corrected chi connectivity index (χ4v) is 1.86. The second kappa shape index (κ2) is 4.98. The molecule has 84 valence electrons. The molecule has 0 amide bonds. The number of hydrazine groups is 1. The molecule has 0 radical (unpaired) electrons. The van der Waals surface area contributed by atoms with Gasteiger partial charge in [-0.1, -0.05) is 11.6 Å². The van der Waals surface area contributed by atoms with Gasteiger partial charge in [0.1, 0.15) is 5.82 Å². The summed E-state index contributed by atoms with van der Waals surface area (Å²) in [6.45, 7) is 0.525. The van der Waals surface area contributed by atoms with Crippen molar-refractivity contribution in [2.45, 2.75) is 6.54 Å². The predicted octanol–water partition coefficient (Wildman–Crippen LogP) is 1.87. The Labute approximate surface area is 111 Å². The van der Waals surface area contributed by atoms with Gasteiger partial charge in [0.25, 0.3) is 0 Å². The number of nitrogens with zero attached hydrogens (tertiary/aromatic N) is 3. The number of anilines is 1. The van der Waals surface area contributed by atoms with Crippen molar-refractivity contribution in [1.82, 2.24) is 14.8 Å². The molecule has 0 fully saturated rings. The number of pyridine rings is 1. The highest BCUT2D eigenvalue weighted by Crippen LogP contribution is 2.17. The third-order valence-corrected chi connectivity index (χ3v) is 2.88. The van der Waals surface area contributed by atoms with Gasteiger partial charge >= 0.3 is 0 Å². The van der Waals surface area contributed by atoms with Gasteiger partial charge in [-0.3, -0.25) is 4.68 Å². The van der Waals surface area contributed by atoms with E-state index in [1.165, 1.54) is 0 Å². The van der Waals surface area contributed by atoms with Gasteiger partial charge in [0.05, 0.1) is 27.0 Å². The van der Waals surface area contributed by atoms with Gasteiger partial charge < -0.3 is 5.43 Å². The fourth-order valence-electron chi connectivity index (χ4n) is 1.25. The van der Waals surface area contributed by atoms with E-state index in [1.54, 1.807) is 23.0 Å². The number of aromatic nitrogens is 3. The highest BCUT2D eigenvalue weighted by Gasteiger charge is 2.05. The maximum atomic E-state index is 6.04. The van der Waals surface area contributed by atoms with Crippen molar-refractivity contribution in [3.8, 4) is 0 Å². The Kier molecular flexibility index (Phi) is 3.62. The smallest absolute Gasteiger partial charge is 0.140 e. The summed E-state index contributed by atoms with van der Waals surface area (Å²) in [6.07, 6.45) is 3.70. The molecule has 3 N–H and O–H groups in total. The van der Waals surface area contributed by atoms with Crippen LogP contribution in [0.2, 0.25) is 5.02 Å². The first-order valence-electron chi connectivity index (χ1n) is 4.49. The molecule has 0 saturated carbocycles. The zero-order valence-electron chi connectivity index (χ0n) is 8.19. The number of nitrogens with one attached hydrogen (secondary N) is 1. The summed E-state index contributed by atoms with van der Waals surface area (Å²) in [6, 6.07) is 3.48. The lowest BCUT2D eigenvalue weighted by molar-refractivity contribution is 0.673. The third-order valence-electron chi connectivity index (χ3n) is 1.98. The molecule has 2 aromatic heterocycles. The van der Waals surface area contributed by atoms with Crippen molar-refractivity contribution < 1.29 is 0 Å². The SMILES string of the molecule is NNc1ccc(Cl)c(Cn2cc(I)cn2)n1. The topological polar surface area (TPSA) is 68.8 Å². The predicted molar refractivity (Wildman–Crippen MR) is 71.1 cm³/mol. The van der Waals surface area contributed by atoms with Crippen LogP contribution in [0.3, 0.4) is 0 Å².